The van der Waals surface area contributed by atoms with Gasteiger partial charge in [-0.05, 0) is 18.8 Å². The number of carbonyl (C=O) groups excluding carboxylic acids is 2. The van der Waals surface area contributed by atoms with Gasteiger partial charge >= 0.3 is 0 Å². The summed E-state index contributed by atoms with van der Waals surface area (Å²) < 4.78 is 0. The second-order valence-corrected chi connectivity index (χ2v) is 6.05. The second kappa shape index (κ2) is 7.59. The van der Waals surface area contributed by atoms with Crippen molar-refractivity contribution in [3.63, 3.8) is 0 Å². The number of nitrogens with two attached hydrogens (primary N) is 1. The largest absolute Gasteiger partial charge is 0.388 e. The van der Waals surface area contributed by atoms with Gasteiger partial charge in [0.05, 0.1) is 18.2 Å². The Balaban J connectivity index is 2.25. The van der Waals surface area contributed by atoms with Crippen molar-refractivity contribution in [2.24, 2.45) is 11.7 Å². The van der Waals surface area contributed by atoms with Crippen LogP contribution in [0.1, 0.15) is 46.0 Å². The molecule has 1 rings (SSSR count). The summed E-state index contributed by atoms with van der Waals surface area (Å²) in [4.78, 5) is 23.2. The van der Waals surface area contributed by atoms with E-state index in [2.05, 4.69) is 10.6 Å². The molecule has 0 bridgehead atoms. The van der Waals surface area contributed by atoms with Crippen LogP contribution >= 0.6 is 0 Å². The Labute approximate surface area is 120 Å². The Bertz CT molecular complexity index is 339. The van der Waals surface area contributed by atoms with E-state index >= 15 is 0 Å². The monoisotopic (exact) mass is 285 g/mol. The first-order valence-corrected chi connectivity index (χ1v) is 7.36. The van der Waals surface area contributed by atoms with Gasteiger partial charge in [-0.25, -0.2) is 0 Å². The number of hydrogen-bond donors (Lipinski definition) is 4. The van der Waals surface area contributed by atoms with E-state index in [1.54, 1.807) is 0 Å². The van der Waals surface area contributed by atoms with Gasteiger partial charge < -0.3 is 21.5 Å². The zero-order valence-electron chi connectivity index (χ0n) is 12.4. The zero-order chi connectivity index (χ0) is 15.2. The minimum atomic E-state index is -0.785. The number of hydrogen-bond acceptors (Lipinski definition) is 4. The number of aliphatic hydroxyl groups is 1. The first kappa shape index (κ1) is 16.9. The maximum Gasteiger partial charge on any atom is 0.239 e. The predicted molar refractivity (Wildman–Crippen MR) is 76.9 cm³/mol. The van der Waals surface area contributed by atoms with E-state index in [0.717, 1.165) is 32.1 Å². The maximum atomic E-state index is 11.6. The normalized spacial score (nSPS) is 19.4. The van der Waals surface area contributed by atoms with Gasteiger partial charge in [-0.1, -0.05) is 33.1 Å². The molecule has 1 aliphatic rings. The highest BCUT2D eigenvalue weighted by atomic mass is 16.3. The third-order valence-electron chi connectivity index (χ3n) is 3.84. The summed E-state index contributed by atoms with van der Waals surface area (Å²) in [5, 5.41) is 15.4. The van der Waals surface area contributed by atoms with Crippen molar-refractivity contribution in [3.05, 3.63) is 0 Å². The fourth-order valence-electron chi connectivity index (χ4n) is 2.30. The molecule has 0 radical (unpaired) electrons. The zero-order valence-corrected chi connectivity index (χ0v) is 12.4. The van der Waals surface area contributed by atoms with Crippen LogP contribution in [0.3, 0.4) is 0 Å². The van der Waals surface area contributed by atoms with Gasteiger partial charge in [-0.15, -0.1) is 0 Å². The van der Waals surface area contributed by atoms with E-state index in [1.807, 2.05) is 13.8 Å². The number of amides is 2. The summed E-state index contributed by atoms with van der Waals surface area (Å²) in [6.45, 7) is 3.85. The summed E-state index contributed by atoms with van der Waals surface area (Å²) >= 11 is 0. The van der Waals surface area contributed by atoms with Crippen molar-refractivity contribution in [2.75, 3.05) is 13.1 Å². The molecule has 5 N–H and O–H groups in total. The van der Waals surface area contributed by atoms with Crippen molar-refractivity contribution >= 4 is 11.8 Å². The van der Waals surface area contributed by atoms with Crippen LogP contribution in [0.25, 0.3) is 0 Å². The van der Waals surface area contributed by atoms with E-state index in [9.17, 15) is 14.7 Å². The van der Waals surface area contributed by atoms with Gasteiger partial charge in [0, 0.05) is 6.54 Å². The predicted octanol–water partition coefficient (Wildman–Crippen LogP) is -0.103. The molecule has 1 saturated carbocycles. The third kappa shape index (κ3) is 5.46. The Kier molecular flexibility index (Phi) is 6.42. The lowest BCUT2D eigenvalue weighted by atomic mass is 9.85. The van der Waals surface area contributed by atoms with Crippen molar-refractivity contribution in [2.45, 2.75) is 57.6 Å². The van der Waals surface area contributed by atoms with Gasteiger partial charge in [-0.2, -0.15) is 0 Å². The Morgan fingerprint density at radius 3 is 2.35 bits per heavy atom. The average Bonchev–Trinajstić information content (AvgIpc) is 2.42. The molecule has 1 atom stereocenters. The van der Waals surface area contributed by atoms with Gasteiger partial charge in [0.25, 0.3) is 0 Å². The Morgan fingerprint density at radius 1 is 1.20 bits per heavy atom. The van der Waals surface area contributed by atoms with Crippen molar-refractivity contribution in [1.82, 2.24) is 10.6 Å². The van der Waals surface area contributed by atoms with Crippen LogP contribution in [-0.4, -0.2) is 41.7 Å². The molecule has 0 saturated heterocycles. The van der Waals surface area contributed by atoms with Crippen LogP contribution in [0.2, 0.25) is 0 Å². The molecule has 0 aromatic heterocycles. The molecule has 2 amide bonds. The first-order valence-electron chi connectivity index (χ1n) is 7.36. The summed E-state index contributed by atoms with van der Waals surface area (Å²) in [6, 6.07) is -0.606. The van der Waals surface area contributed by atoms with Crippen molar-refractivity contribution in [3.8, 4) is 0 Å². The standard InChI is InChI=1S/C14H27N3O3/c1-10(2)12(15)13(19)16-8-11(18)17-9-14(20)6-4-3-5-7-14/h10,12,20H,3-9,15H2,1-2H3,(H,16,19)(H,17,18)/t12-/m0/s1. The maximum absolute atomic E-state index is 11.6. The van der Waals surface area contributed by atoms with Gasteiger partial charge in [-0.3, -0.25) is 9.59 Å². The van der Waals surface area contributed by atoms with Gasteiger partial charge in [0.1, 0.15) is 0 Å². The third-order valence-corrected chi connectivity index (χ3v) is 3.84. The van der Waals surface area contributed by atoms with E-state index in [0.29, 0.717) is 0 Å². The fourth-order valence-corrected chi connectivity index (χ4v) is 2.30. The molecule has 0 heterocycles. The molecule has 116 valence electrons. The van der Waals surface area contributed by atoms with Crippen LogP contribution in [0.15, 0.2) is 0 Å². The quantitative estimate of drug-likeness (QED) is 0.547. The van der Waals surface area contributed by atoms with Crippen LogP contribution in [-0.2, 0) is 9.59 Å². The molecular weight excluding hydrogens is 258 g/mol. The molecule has 6 nitrogen and oxygen atoms in total. The number of carbonyl (C=O) groups is 2. The molecule has 1 fully saturated rings. The molecule has 0 aromatic rings. The highest BCUT2D eigenvalue weighted by molar-refractivity contribution is 5.87. The minimum absolute atomic E-state index is 0.0287. The van der Waals surface area contributed by atoms with Crippen molar-refractivity contribution in [1.29, 1.82) is 0 Å². The molecule has 0 aromatic carbocycles. The average molecular weight is 285 g/mol. The highest BCUT2D eigenvalue weighted by Crippen LogP contribution is 2.27. The topological polar surface area (TPSA) is 104 Å². The lowest BCUT2D eigenvalue weighted by Gasteiger charge is -2.32. The highest BCUT2D eigenvalue weighted by Gasteiger charge is 2.29. The van der Waals surface area contributed by atoms with Crippen LogP contribution < -0.4 is 16.4 Å². The molecule has 6 heteroatoms. The van der Waals surface area contributed by atoms with Crippen molar-refractivity contribution < 1.29 is 14.7 Å². The minimum Gasteiger partial charge on any atom is -0.388 e. The molecule has 0 unspecified atom stereocenters. The van der Waals surface area contributed by atoms with E-state index < -0.39 is 11.6 Å². The number of nitrogens with one attached hydrogen (secondary N) is 2. The SMILES string of the molecule is CC(C)[C@H](N)C(=O)NCC(=O)NCC1(O)CCCCC1. The summed E-state index contributed by atoms with van der Waals surface area (Å²) in [6.07, 6.45) is 4.56. The van der Waals surface area contributed by atoms with Gasteiger partial charge in [0.15, 0.2) is 0 Å². The fraction of sp³-hybridized carbons (Fsp3) is 0.857. The van der Waals surface area contributed by atoms with Gasteiger partial charge in [0.2, 0.25) is 11.8 Å². The summed E-state index contributed by atoms with van der Waals surface area (Å²) in [5.41, 5.74) is 4.89. The molecule has 0 aliphatic heterocycles. The Morgan fingerprint density at radius 2 is 1.80 bits per heavy atom. The van der Waals surface area contributed by atoms with Crippen LogP contribution in [0, 0.1) is 5.92 Å². The smallest absolute Gasteiger partial charge is 0.239 e. The number of rotatable bonds is 6. The van der Waals surface area contributed by atoms with Crippen LogP contribution in [0.4, 0.5) is 0 Å². The van der Waals surface area contributed by atoms with Crippen LogP contribution in [0.5, 0.6) is 0 Å². The Hall–Kier alpha value is -1.14. The molecule has 20 heavy (non-hydrogen) atoms. The molecule has 0 spiro atoms. The second-order valence-electron chi connectivity index (χ2n) is 6.05. The van der Waals surface area contributed by atoms with E-state index in [1.165, 1.54) is 0 Å². The lowest BCUT2D eigenvalue weighted by Crippen LogP contribution is -2.49. The summed E-state index contributed by atoms with van der Waals surface area (Å²) in [7, 11) is 0. The molecular formula is C14H27N3O3. The lowest BCUT2D eigenvalue weighted by molar-refractivity contribution is -0.128. The first-order chi connectivity index (χ1) is 9.34. The molecule has 1 aliphatic carbocycles. The van der Waals surface area contributed by atoms with E-state index in [-0.39, 0.29) is 30.8 Å². The summed E-state index contributed by atoms with van der Waals surface area (Å²) in [5.74, 6) is -0.596. The van der Waals surface area contributed by atoms with E-state index in [4.69, 9.17) is 5.73 Å².